The Morgan fingerprint density at radius 3 is 2.37 bits per heavy atom. The van der Waals surface area contributed by atoms with Gasteiger partial charge in [-0.25, -0.2) is 9.18 Å². The number of nitrogens with one attached hydrogen (secondary N) is 1. The summed E-state index contributed by atoms with van der Waals surface area (Å²) in [5.74, 6) is -2.89. The molecule has 0 aliphatic rings. The molecule has 8 heteroatoms. The zero-order chi connectivity index (χ0) is 20.0. The second kappa shape index (κ2) is 8.85. The van der Waals surface area contributed by atoms with Crippen LogP contribution in [0.5, 0.6) is 5.75 Å². The topological polar surface area (TPSA) is 47.6 Å². The van der Waals surface area contributed by atoms with Crippen molar-refractivity contribution in [2.45, 2.75) is 38.9 Å². The van der Waals surface area contributed by atoms with Crippen molar-refractivity contribution in [1.82, 2.24) is 5.32 Å². The Kier molecular flexibility index (Phi) is 6.79. The lowest BCUT2D eigenvalue weighted by molar-refractivity contribution is -0.275. The largest absolute Gasteiger partial charge is 0.573 e. The molecule has 0 aliphatic carbocycles. The Balaban J connectivity index is 2.22. The molecule has 0 fully saturated rings. The van der Waals surface area contributed by atoms with Crippen LogP contribution in [-0.2, 0) is 16.1 Å². The second-order valence-corrected chi connectivity index (χ2v) is 6.09. The third kappa shape index (κ3) is 6.56. The van der Waals surface area contributed by atoms with E-state index < -0.39 is 29.9 Å². The molecule has 0 bridgehead atoms. The van der Waals surface area contributed by atoms with Gasteiger partial charge in [0.05, 0.1) is 0 Å². The first kappa shape index (κ1) is 20.7. The van der Waals surface area contributed by atoms with Gasteiger partial charge in [0, 0.05) is 6.04 Å². The van der Waals surface area contributed by atoms with Gasteiger partial charge in [0.15, 0.2) is 11.6 Å². The molecule has 0 heterocycles. The Morgan fingerprint density at radius 1 is 1.11 bits per heavy atom. The maximum absolute atomic E-state index is 13.6. The van der Waals surface area contributed by atoms with Gasteiger partial charge >= 0.3 is 12.3 Å². The number of carbonyl (C=O) groups is 1. The Bertz CT molecular complexity index is 763. The Hall–Kier alpha value is -2.61. The van der Waals surface area contributed by atoms with E-state index in [0.717, 1.165) is 17.7 Å². The van der Waals surface area contributed by atoms with E-state index in [1.54, 1.807) is 38.1 Å². The molecule has 0 saturated heterocycles. The van der Waals surface area contributed by atoms with E-state index in [2.05, 4.69) is 10.1 Å². The van der Waals surface area contributed by atoms with Gasteiger partial charge < -0.3 is 9.47 Å². The number of hydrogen-bond acceptors (Lipinski definition) is 4. The van der Waals surface area contributed by atoms with E-state index in [-0.39, 0.29) is 18.2 Å². The molecule has 0 saturated carbocycles. The van der Waals surface area contributed by atoms with Crippen LogP contribution in [0, 0.1) is 5.82 Å². The fourth-order valence-corrected chi connectivity index (χ4v) is 2.35. The number of hydrogen-bond donors (Lipinski definition) is 1. The van der Waals surface area contributed by atoms with E-state index in [0.29, 0.717) is 0 Å². The number of esters is 1. The van der Waals surface area contributed by atoms with Crippen molar-refractivity contribution in [1.29, 1.82) is 0 Å². The van der Waals surface area contributed by atoms with Crippen LogP contribution in [0.1, 0.15) is 31.0 Å². The van der Waals surface area contributed by atoms with Gasteiger partial charge in [-0.15, -0.1) is 13.2 Å². The molecule has 2 aromatic rings. The van der Waals surface area contributed by atoms with Gasteiger partial charge in [0.25, 0.3) is 0 Å². The summed E-state index contributed by atoms with van der Waals surface area (Å²) in [5, 5.41) is 2.91. The molecule has 1 N–H and O–H groups in total. The minimum Gasteiger partial charge on any atom is -0.459 e. The minimum atomic E-state index is -5.05. The van der Waals surface area contributed by atoms with Gasteiger partial charge in [-0.3, -0.25) is 5.32 Å². The molecule has 1 atom stereocenters. The van der Waals surface area contributed by atoms with Crippen LogP contribution in [0.15, 0.2) is 48.5 Å². The van der Waals surface area contributed by atoms with Crippen molar-refractivity contribution in [3.8, 4) is 5.75 Å². The zero-order valence-electron chi connectivity index (χ0n) is 14.7. The minimum absolute atomic E-state index is 0.00303. The summed E-state index contributed by atoms with van der Waals surface area (Å²) in [6, 6.07) is 10.5. The molecule has 2 aromatic carbocycles. The first-order valence-electron chi connectivity index (χ1n) is 8.17. The van der Waals surface area contributed by atoms with Crippen LogP contribution in [0.4, 0.5) is 17.6 Å². The summed E-state index contributed by atoms with van der Waals surface area (Å²) in [5.41, 5.74) is 0.858. The van der Waals surface area contributed by atoms with Crippen LogP contribution in [-0.4, -0.2) is 18.4 Å². The molecule has 0 aromatic heterocycles. The maximum Gasteiger partial charge on any atom is 0.573 e. The van der Waals surface area contributed by atoms with Gasteiger partial charge in [-0.2, -0.15) is 0 Å². The normalized spacial score (nSPS) is 12.7. The molecular formula is C19H19F4NO3. The van der Waals surface area contributed by atoms with E-state index in [1.165, 1.54) is 6.07 Å². The smallest absolute Gasteiger partial charge is 0.459 e. The van der Waals surface area contributed by atoms with E-state index in [9.17, 15) is 22.4 Å². The highest BCUT2D eigenvalue weighted by atomic mass is 19.4. The molecule has 146 valence electrons. The van der Waals surface area contributed by atoms with E-state index in [4.69, 9.17) is 4.74 Å². The lowest BCUT2D eigenvalue weighted by atomic mass is 10.1. The number of rotatable bonds is 7. The molecule has 0 radical (unpaired) electrons. The standard InChI is InChI=1S/C19H19F4NO3/c1-12(2)24-17(18(25)26-11-13-6-4-3-5-7-13)14-8-9-15(20)16(10-14)27-19(21,22)23/h3-10,12,17,24H,11H2,1-2H3. The summed E-state index contributed by atoms with van der Waals surface area (Å²) in [7, 11) is 0. The lowest BCUT2D eigenvalue weighted by Gasteiger charge is -2.21. The summed E-state index contributed by atoms with van der Waals surface area (Å²) in [6.45, 7) is 3.52. The van der Waals surface area contributed by atoms with Gasteiger partial charge in [-0.05, 0) is 37.1 Å². The van der Waals surface area contributed by atoms with Crippen molar-refractivity contribution < 1.29 is 31.8 Å². The molecule has 0 aliphatic heterocycles. The summed E-state index contributed by atoms with van der Waals surface area (Å²) < 4.78 is 59.9. The quantitative estimate of drug-likeness (QED) is 0.563. The van der Waals surface area contributed by atoms with Crippen LogP contribution < -0.4 is 10.1 Å². The van der Waals surface area contributed by atoms with Crippen LogP contribution in [0.3, 0.4) is 0 Å². The molecule has 2 rings (SSSR count). The van der Waals surface area contributed by atoms with Gasteiger partial charge in [0.2, 0.25) is 0 Å². The first-order chi connectivity index (χ1) is 12.7. The van der Waals surface area contributed by atoms with Crippen molar-refractivity contribution in [2.75, 3.05) is 0 Å². The highest BCUT2D eigenvalue weighted by molar-refractivity contribution is 5.78. The molecule has 4 nitrogen and oxygen atoms in total. The summed E-state index contributed by atoms with van der Waals surface area (Å²) >= 11 is 0. The SMILES string of the molecule is CC(C)NC(C(=O)OCc1ccccc1)c1ccc(F)c(OC(F)(F)F)c1. The molecule has 1 unspecified atom stereocenters. The number of benzene rings is 2. The third-order valence-electron chi connectivity index (χ3n) is 3.47. The van der Waals surface area contributed by atoms with E-state index >= 15 is 0 Å². The zero-order valence-corrected chi connectivity index (χ0v) is 14.7. The maximum atomic E-state index is 13.6. The average Bonchev–Trinajstić information content (AvgIpc) is 2.59. The van der Waals surface area contributed by atoms with Crippen molar-refractivity contribution in [2.24, 2.45) is 0 Å². The van der Waals surface area contributed by atoms with Crippen molar-refractivity contribution in [3.63, 3.8) is 0 Å². The Morgan fingerprint density at radius 2 is 1.78 bits per heavy atom. The summed E-state index contributed by atoms with van der Waals surface area (Å²) in [4.78, 5) is 12.5. The predicted octanol–water partition coefficient (Wildman–Crippen LogP) is 4.51. The van der Waals surface area contributed by atoms with Crippen LogP contribution in [0.2, 0.25) is 0 Å². The highest BCUT2D eigenvalue weighted by Gasteiger charge is 2.33. The first-order valence-corrected chi connectivity index (χ1v) is 8.17. The number of halogens is 4. The van der Waals surface area contributed by atoms with Gasteiger partial charge in [-0.1, -0.05) is 36.4 Å². The molecule has 0 spiro atoms. The monoisotopic (exact) mass is 385 g/mol. The number of alkyl halides is 3. The average molecular weight is 385 g/mol. The fourth-order valence-electron chi connectivity index (χ4n) is 2.35. The fraction of sp³-hybridized carbons (Fsp3) is 0.316. The number of carbonyl (C=O) groups excluding carboxylic acids is 1. The van der Waals surface area contributed by atoms with Crippen LogP contribution >= 0.6 is 0 Å². The molecular weight excluding hydrogens is 366 g/mol. The predicted molar refractivity (Wildman–Crippen MR) is 90.3 cm³/mol. The highest BCUT2D eigenvalue weighted by Crippen LogP contribution is 2.29. The molecule has 27 heavy (non-hydrogen) atoms. The van der Waals surface area contributed by atoms with Crippen molar-refractivity contribution >= 4 is 5.97 Å². The van der Waals surface area contributed by atoms with Gasteiger partial charge in [0.1, 0.15) is 12.6 Å². The van der Waals surface area contributed by atoms with Crippen LogP contribution in [0.25, 0.3) is 0 Å². The lowest BCUT2D eigenvalue weighted by Crippen LogP contribution is -2.35. The number of ether oxygens (including phenoxy) is 2. The summed E-state index contributed by atoms with van der Waals surface area (Å²) in [6.07, 6.45) is -5.05. The van der Waals surface area contributed by atoms with Crippen molar-refractivity contribution in [3.05, 3.63) is 65.5 Å². The molecule has 0 amide bonds. The third-order valence-corrected chi connectivity index (χ3v) is 3.47. The Labute approximate surface area is 154 Å². The second-order valence-electron chi connectivity index (χ2n) is 6.09. The van der Waals surface area contributed by atoms with E-state index in [1.807, 2.05) is 6.07 Å².